The lowest BCUT2D eigenvalue weighted by molar-refractivity contribution is 0.102. The van der Waals surface area contributed by atoms with Crippen LogP contribution >= 0.6 is 11.6 Å². The standard InChI is InChI=1S/C21H19ClFN3O/c1-13-7-14(2)20(18(22)8-13)26-21(27)16-9-17(12-24-10-16)25-11-15-5-3-4-6-19(15)23/h3-10,12,25H,11H2,1-2H3,(H,26,27). The van der Waals surface area contributed by atoms with Crippen molar-refractivity contribution in [3.63, 3.8) is 0 Å². The SMILES string of the molecule is Cc1cc(C)c(NC(=O)c2cncc(NCc3ccccc3F)c2)c(Cl)c1. The van der Waals surface area contributed by atoms with Crippen LogP contribution in [0, 0.1) is 19.7 Å². The number of aryl methyl sites for hydroxylation is 2. The molecule has 0 saturated heterocycles. The van der Waals surface area contributed by atoms with Gasteiger partial charge in [0, 0.05) is 24.5 Å². The number of amides is 1. The molecular formula is C21H19ClFN3O. The van der Waals surface area contributed by atoms with Crippen LogP contribution in [0.1, 0.15) is 27.0 Å². The van der Waals surface area contributed by atoms with Crippen LogP contribution < -0.4 is 10.6 Å². The minimum atomic E-state index is -0.314. The predicted octanol–water partition coefficient (Wildman–Crippen LogP) is 5.36. The summed E-state index contributed by atoms with van der Waals surface area (Å²) in [6.45, 7) is 4.13. The van der Waals surface area contributed by atoms with E-state index in [1.165, 1.54) is 12.3 Å². The number of rotatable bonds is 5. The molecule has 6 heteroatoms. The number of benzene rings is 2. The molecule has 1 amide bonds. The van der Waals surface area contributed by atoms with Gasteiger partial charge in [-0.25, -0.2) is 4.39 Å². The highest BCUT2D eigenvalue weighted by atomic mass is 35.5. The Hall–Kier alpha value is -2.92. The second-order valence-corrected chi connectivity index (χ2v) is 6.71. The van der Waals surface area contributed by atoms with Crippen LogP contribution in [0.25, 0.3) is 0 Å². The van der Waals surface area contributed by atoms with Gasteiger partial charge in [-0.05, 0) is 43.2 Å². The van der Waals surface area contributed by atoms with Crippen molar-refractivity contribution in [1.82, 2.24) is 4.98 Å². The van der Waals surface area contributed by atoms with Crippen LogP contribution in [-0.2, 0) is 6.54 Å². The molecule has 2 aromatic carbocycles. The number of carbonyl (C=O) groups excluding carboxylic acids is 1. The Kier molecular flexibility index (Phi) is 5.72. The van der Waals surface area contributed by atoms with Gasteiger partial charge < -0.3 is 10.6 Å². The van der Waals surface area contributed by atoms with Gasteiger partial charge in [0.2, 0.25) is 0 Å². The van der Waals surface area contributed by atoms with Crippen molar-refractivity contribution in [3.8, 4) is 0 Å². The zero-order valence-electron chi connectivity index (χ0n) is 15.0. The molecule has 4 nitrogen and oxygen atoms in total. The summed E-state index contributed by atoms with van der Waals surface area (Å²) in [5.74, 6) is -0.595. The maximum Gasteiger partial charge on any atom is 0.257 e. The van der Waals surface area contributed by atoms with Crippen LogP contribution in [-0.4, -0.2) is 10.9 Å². The summed E-state index contributed by atoms with van der Waals surface area (Å²) < 4.78 is 13.7. The summed E-state index contributed by atoms with van der Waals surface area (Å²) in [4.78, 5) is 16.7. The van der Waals surface area contributed by atoms with Gasteiger partial charge in [0.25, 0.3) is 5.91 Å². The Balaban J connectivity index is 1.73. The van der Waals surface area contributed by atoms with E-state index in [1.807, 2.05) is 19.9 Å². The van der Waals surface area contributed by atoms with E-state index >= 15 is 0 Å². The summed E-state index contributed by atoms with van der Waals surface area (Å²) in [5, 5.41) is 6.40. The van der Waals surface area contributed by atoms with Gasteiger partial charge in [0.05, 0.1) is 22.0 Å². The third-order valence-corrected chi connectivity index (χ3v) is 4.41. The molecule has 138 valence electrons. The van der Waals surface area contributed by atoms with Gasteiger partial charge in [-0.1, -0.05) is 35.9 Å². The average Bonchev–Trinajstić information content (AvgIpc) is 2.64. The zero-order chi connectivity index (χ0) is 19.4. The molecule has 3 aromatic rings. The molecule has 0 fully saturated rings. The lowest BCUT2D eigenvalue weighted by Crippen LogP contribution is -2.14. The highest BCUT2D eigenvalue weighted by molar-refractivity contribution is 6.34. The van der Waals surface area contributed by atoms with E-state index in [2.05, 4.69) is 15.6 Å². The number of hydrogen-bond donors (Lipinski definition) is 2. The van der Waals surface area contributed by atoms with Crippen LogP contribution in [0.15, 0.2) is 54.9 Å². The number of nitrogens with one attached hydrogen (secondary N) is 2. The topological polar surface area (TPSA) is 54.0 Å². The molecule has 0 atom stereocenters. The lowest BCUT2D eigenvalue weighted by Gasteiger charge is -2.12. The van der Waals surface area contributed by atoms with E-state index in [4.69, 9.17) is 11.6 Å². The van der Waals surface area contributed by atoms with Crippen molar-refractivity contribution in [3.05, 3.63) is 88.0 Å². The first kappa shape index (κ1) is 18.9. The van der Waals surface area contributed by atoms with Gasteiger partial charge >= 0.3 is 0 Å². The summed E-state index contributed by atoms with van der Waals surface area (Å²) in [5.41, 5.74) is 4.03. The fraction of sp³-hybridized carbons (Fsp3) is 0.143. The molecule has 0 saturated carbocycles. The number of carbonyl (C=O) groups is 1. The molecular weight excluding hydrogens is 365 g/mol. The second-order valence-electron chi connectivity index (χ2n) is 6.30. The number of pyridine rings is 1. The Bertz CT molecular complexity index is 968. The maximum absolute atomic E-state index is 13.7. The molecule has 3 rings (SSSR count). The van der Waals surface area contributed by atoms with Gasteiger partial charge in [0.15, 0.2) is 0 Å². The second kappa shape index (κ2) is 8.18. The average molecular weight is 384 g/mol. The molecule has 1 heterocycles. The van der Waals surface area contributed by atoms with E-state index in [0.29, 0.717) is 34.1 Å². The molecule has 0 unspecified atom stereocenters. The Morgan fingerprint density at radius 3 is 2.67 bits per heavy atom. The Labute approximate surface area is 162 Å². The smallest absolute Gasteiger partial charge is 0.257 e. The number of halogens is 2. The van der Waals surface area contributed by atoms with Crippen LogP contribution in [0.4, 0.5) is 15.8 Å². The first-order valence-corrected chi connectivity index (χ1v) is 8.82. The normalized spacial score (nSPS) is 10.5. The van der Waals surface area contributed by atoms with Crippen LogP contribution in [0.3, 0.4) is 0 Å². The summed E-state index contributed by atoms with van der Waals surface area (Å²) in [6, 6.07) is 11.9. The number of anilines is 2. The van der Waals surface area contributed by atoms with Crippen molar-refractivity contribution >= 4 is 28.9 Å². The fourth-order valence-electron chi connectivity index (χ4n) is 2.76. The monoisotopic (exact) mass is 383 g/mol. The minimum Gasteiger partial charge on any atom is -0.380 e. The van der Waals surface area contributed by atoms with E-state index in [1.54, 1.807) is 36.5 Å². The van der Waals surface area contributed by atoms with E-state index in [-0.39, 0.29) is 11.7 Å². The van der Waals surface area contributed by atoms with Gasteiger partial charge in [-0.15, -0.1) is 0 Å². The summed E-state index contributed by atoms with van der Waals surface area (Å²) >= 11 is 6.25. The number of aromatic nitrogens is 1. The highest BCUT2D eigenvalue weighted by Crippen LogP contribution is 2.28. The number of hydrogen-bond acceptors (Lipinski definition) is 3. The third-order valence-electron chi connectivity index (χ3n) is 4.11. The molecule has 0 bridgehead atoms. The van der Waals surface area contributed by atoms with Crippen molar-refractivity contribution < 1.29 is 9.18 Å². The van der Waals surface area contributed by atoms with Gasteiger partial charge in [-0.2, -0.15) is 0 Å². The minimum absolute atomic E-state index is 0.281. The number of nitrogens with zero attached hydrogens (tertiary/aromatic N) is 1. The molecule has 0 spiro atoms. The van der Waals surface area contributed by atoms with Crippen LogP contribution in [0.2, 0.25) is 5.02 Å². The quantitative estimate of drug-likeness (QED) is 0.624. The highest BCUT2D eigenvalue weighted by Gasteiger charge is 2.12. The van der Waals surface area contributed by atoms with E-state index in [0.717, 1.165) is 11.1 Å². The van der Waals surface area contributed by atoms with Crippen molar-refractivity contribution in [1.29, 1.82) is 0 Å². The first-order chi connectivity index (χ1) is 12.9. The van der Waals surface area contributed by atoms with E-state index < -0.39 is 0 Å². The predicted molar refractivity (Wildman–Crippen MR) is 107 cm³/mol. The Morgan fingerprint density at radius 1 is 1.15 bits per heavy atom. The maximum atomic E-state index is 13.7. The molecule has 0 aliphatic carbocycles. The lowest BCUT2D eigenvalue weighted by atomic mass is 10.1. The van der Waals surface area contributed by atoms with Gasteiger partial charge in [0.1, 0.15) is 5.82 Å². The van der Waals surface area contributed by atoms with Crippen LogP contribution in [0.5, 0.6) is 0 Å². The summed E-state index contributed by atoms with van der Waals surface area (Å²) in [7, 11) is 0. The van der Waals surface area contributed by atoms with Crippen molar-refractivity contribution in [2.75, 3.05) is 10.6 Å². The molecule has 0 aliphatic heterocycles. The molecule has 0 radical (unpaired) electrons. The fourth-order valence-corrected chi connectivity index (χ4v) is 3.13. The molecule has 2 N–H and O–H groups in total. The van der Waals surface area contributed by atoms with E-state index in [9.17, 15) is 9.18 Å². The van der Waals surface area contributed by atoms with Gasteiger partial charge in [-0.3, -0.25) is 9.78 Å². The molecule has 0 aliphatic rings. The van der Waals surface area contributed by atoms with Crippen molar-refractivity contribution in [2.24, 2.45) is 0 Å². The Morgan fingerprint density at radius 2 is 1.93 bits per heavy atom. The van der Waals surface area contributed by atoms with Crippen molar-refractivity contribution in [2.45, 2.75) is 20.4 Å². The summed E-state index contributed by atoms with van der Waals surface area (Å²) in [6.07, 6.45) is 3.06. The molecule has 27 heavy (non-hydrogen) atoms. The zero-order valence-corrected chi connectivity index (χ0v) is 15.8. The first-order valence-electron chi connectivity index (χ1n) is 8.44. The molecule has 1 aromatic heterocycles. The third kappa shape index (κ3) is 4.63. The largest absolute Gasteiger partial charge is 0.380 e.